The summed E-state index contributed by atoms with van der Waals surface area (Å²) in [6, 6.07) is 11.9. The molecule has 0 radical (unpaired) electrons. The maximum Gasteiger partial charge on any atom is 0.303 e. The summed E-state index contributed by atoms with van der Waals surface area (Å²) in [5.41, 5.74) is 1.79. The standard InChI is InChI=1S/C23H26BrFN2O4/c1-16-13-26(14-17-2-6-20(25)7-3-17)10-11-27(16)22(28)15-31-21-8-5-19(24)12-18(21)4-9-23(29)30/h2-3,5-8,12,16H,4,9-11,13-15H2,1H3,(H,29,30). The fraction of sp³-hybridized carbons (Fsp3) is 0.391. The number of aryl methyl sites for hydroxylation is 1. The zero-order chi connectivity index (χ0) is 22.4. The van der Waals surface area contributed by atoms with E-state index in [1.54, 1.807) is 24.3 Å². The Kier molecular flexibility index (Phi) is 8.03. The number of aliphatic carboxylic acids is 1. The fourth-order valence-electron chi connectivity index (χ4n) is 3.74. The monoisotopic (exact) mass is 492 g/mol. The number of carboxylic acids is 1. The average molecular weight is 493 g/mol. The van der Waals surface area contributed by atoms with Crippen molar-refractivity contribution < 1.29 is 23.8 Å². The third-order valence-corrected chi connectivity index (χ3v) is 5.83. The number of nitrogens with zero attached hydrogens (tertiary/aromatic N) is 2. The van der Waals surface area contributed by atoms with Crippen LogP contribution >= 0.6 is 15.9 Å². The van der Waals surface area contributed by atoms with Crippen molar-refractivity contribution in [1.29, 1.82) is 0 Å². The minimum atomic E-state index is -0.880. The highest BCUT2D eigenvalue weighted by Crippen LogP contribution is 2.25. The predicted molar refractivity (Wildman–Crippen MR) is 118 cm³/mol. The maximum atomic E-state index is 13.1. The van der Waals surface area contributed by atoms with Gasteiger partial charge in [-0.2, -0.15) is 0 Å². The lowest BCUT2D eigenvalue weighted by atomic mass is 10.1. The molecular weight excluding hydrogens is 467 g/mol. The molecule has 0 aromatic heterocycles. The molecule has 6 nitrogen and oxygen atoms in total. The van der Waals surface area contributed by atoms with Gasteiger partial charge < -0.3 is 14.7 Å². The summed E-state index contributed by atoms with van der Waals surface area (Å²) < 4.78 is 19.7. The summed E-state index contributed by atoms with van der Waals surface area (Å²) >= 11 is 3.39. The van der Waals surface area contributed by atoms with Crippen molar-refractivity contribution in [2.45, 2.75) is 32.4 Å². The number of benzene rings is 2. The molecule has 8 heteroatoms. The van der Waals surface area contributed by atoms with Crippen LogP contribution in [0.3, 0.4) is 0 Å². The molecule has 2 aromatic carbocycles. The van der Waals surface area contributed by atoms with Crippen molar-refractivity contribution in [3.8, 4) is 5.75 Å². The molecule has 0 aliphatic carbocycles. The van der Waals surface area contributed by atoms with Crippen LogP contribution in [-0.2, 0) is 22.6 Å². The Labute approximate surface area is 189 Å². The minimum absolute atomic E-state index is 0.00614. The van der Waals surface area contributed by atoms with Crippen molar-refractivity contribution in [1.82, 2.24) is 9.80 Å². The summed E-state index contributed by atoms with van der Waals surface area (Å²) in [5.74, 6) is -0.694. The molecule has 1 heterocycles. The lowest BCUT2D eigenvalue weighted by molar-refractivity contribution is -0.138. The molecule has 1 unspecified atom stereocenters. The maximum absolute atomic E-state index is 13.1. The van der Waals surface area contributed by atoms with Crippen LogP contribution in [-0.4, -0.2) is 59.1 Å². The largest absolute Gasteiger partial charge is 0.483 e. The number of piperazine rings is 1. The van der Waals surface area contributed by atoms with E-state index in [2.05, 4.69) is 20.8 Å². The number of amides is 1. The van der Waals surface area contributed by atoms with Crippen LogP contribution < -0.4 is 4.74 Å². The van der Waals surface area contributed by atoms with Crippen LogP contribution in [0, 0.1) is 5.82 Å². The molecule has 0 bridgehead atoms. The SMILES string of the molecule is CC1CN(Cc2ccc(F)cc2)CCN1C(=O)COc1ccc(Br)cc1CCC(=O)O. The van der Waals surface area contributed by atoms with Crippen LogP contribution in [0.25, 0.3) is 0 Å². The van der Waals surface area contributed by atoms with Gasteiger partial charge in [0.25, 0.3) is 5.91 Å². The number of carbonyl (C=O) groups excluding carboxylic acids is 1. The Bertz CT molecular complexity index is 922. The third kappa shape index (κ3) is 6.77. The van der Waals surface area contributed by atoms with Gasteiger partial charge in [0.05, 0.1) is 0 Å². The number of hydrogen-bond donors (Lipinski definition) is 1. The smallest absolute Gasteiger partial charge is 0.303 e. The molecule has 0 saturated carbocycles. The van der Waals surface area contributed by atoms with Gasteiger partial charge in [-0.1, -0.05) is 28.1 Å². The number of rotatable bonds is 8. The Morgan fingerprint density at radius 1 is 1.19 bits per heavy atom. The van der Waals surface area contributed by atoms with E-state index in [0.29, 0.717) is 18.7 Å². The van der Waals surface area contributed by atoms with Crippen molar-refractivity contribution in [3.63, 3.8) is 0 Å². The van der Waals surface area contributed by atoms with Crippen molar-refractivity contribution >= 4 is 27.8 Å². The summed E-state index contributed by atoms with van der Waals surface area (Å²) in [6.45, 7) is 4.68. The lowest BCUT2D eigenvalue weighted by Gasteiger charge is -2.39. The second kappa shape index (κ2) is 10.7. The van der Waals surface area contributed by atoms with Crippen molar-refractivity contribution in [3.05, 3.63) is 63.9 Å². The highest BCUT2D eigenvalue weighted by Gasteiger charge is 2.27. The molecule has 1 aliphatic heterocycles. The van der Waals surface area contributed by atoms with Gasteiger partial charge in [-0.25, -0.2) is 4.39 Å². The van der Waals surface area contributed by atoms with E-state index in [-0.39, 0.29) is 30.8 Å². The average Bonchev–Trinajstić information content (AvgIpc) is 2.73. The van der Waals surface area contributed by atoms with E-state index in [1.165, 1.54) is 12.1 Å². The number of ether oxygens (including phenoxy) is 1. The van der Waals surface area contributed by atoms with E-state index < -0.39 is 5.97 Å². The fourth-order valence-corrected chi connectivity index (χ4v) is 4.15. The Balaban J connectivity index is 1.53. The van der Waals surface area contributed by atoms with Crippen molar-refractivity contribution in [2.75, 3.05) is 26.2 Å². The number of carbonyl (C=O) groups is 2. The first-order valence-electron chi connectivity index (χ1n) is 10.2. The van der Waals surface area contributed by atoms with Gasteiger partial charge in [-0.3, -0.25) is 14.5 Å². The minimum Gasteiger partial charge on any atom is -0.483 e. The Morgan fingerprint density at radius 3 is 2.61 bits per heavy atom. The summed E-state index contributed by atoms with van der Waals surface area (Å²) in [6.07, 6.45) is 0.324. The van der Waals surface area contributed by atoms with Gasteiger partial charge in [0, 0.05) is 43.1 Å². The van der Waals surface area contributed by atoms with E-state index in [4.69, 9.17) is 9.84 Å². The first-order chi connectivity index (χ1) is 14.8. The Morgan fingerprint density at radius 2 is 1.94 bits per heavy atom. The second-order valence-electron chi connectivity index (χ2n) is 7.73. The van der Waals surface area contributed by atoms with Gasteiger partial charge in [-0.05, 0) is 54.8 Å². The molecule has 3 rings (SSSR count). The first kappa shape index (κ1) is 23.2. The molecule has 1 saturated heterocycles. The van der Waals surface area contributed by atoms with Crippen LogP contribution in [0.2, 0.25) is 0 Å². The number of halogens is 2. The topological polar surface area (TPSA) is 70.1 Å². The van der Waals surface area contributed by atoms with Crippen LogP contribution in [0.15, 0.2) is 46.9 Å². The van der Waals surface area contributed by atoms with Gasteiger partial charge in [0.1, 0.15) is 11.6 Å². The zero-order valence-electron chi connectivity index (χ0n) is 17.4. The molecular formula is C23H26BrFN2O4. The Hall–Kier alpha value is -2.45. The van der Waals surface area contributed by atoms with Crippen molar-refractivity contribution in [2.24, 2.45) is 0 Å². The molecule has 166 valence electrons. The predicted octanol–water partition coefficient (Wildman–Crippen LogP) is 3.72. The van der Waals surface area contributed by atoms with E-state index >= 15 is 0 Å². The van der Waals surface area contributed by atoms with Gasteiger partial charge >= 0.3 is 5.97 Å². The molecule has 1 N–H and O–H groups in total. The molecule has 1 aliphatic rings. The molecule has 0 spiro atoms. The van der Waals surface area contributed by atoms with Gasteiger partial charge in [0.15, 0.2) is 6.61 Å². The quantitative estimate of drug-likeness (QED) is 0.607. The second-order valence-corrected chi connectivity index (χ2v) is 8.65. The highest BCUT2D eigenvalue weighted by molar-refractivity contribution is 9.10. The van der Waals surface area contributed by atoms with Crippen LogP contribution in [0.5, 0.6) is 5.75 Å². The van der Waals surface area contributed by atoms with Crippen LogP contribution in [0.1, 0.15) is 24.5 Å². The zero-order valence-corrected chi connectivity index (χ0v) is 19.0. The number of carboxylic acid groups (broad SMARTS) is 1. The highest BCUT2D eigenvalue weighted by atomic mass is 79.9. The summed E-state index contributed by atoms with van der Waals surface area (Å²) in [7, 11) is 0. The van der Waals surface area contributed by atoms with Gasteiger partial charge in [0.2, 0.25) is 0 Å². The van der Waals surface area contributed by atoms with Gasteiger partial charge in [-0.15, -0.1) is 0 Å². The van der Waals surface area contributed by atoms with E-state index in [9.17, 15) is 14.0 Å². The summed E-state index contributed by atoms with van der Waals surface area (Å²) in [4.78, 5) is 27.7. The molecule has 1 atom stereocenters. The molecule has 31 heavy (non-hydrogen) atoms. The molecule has 2 aromatic rings. The summed E-state index contributed by atoms with van der Waals surface area (Å²) in [5, 5.41) is 8.95. The first-order valence-corrected chi connectivity index (χ1v) is 11.0. The number of hydrogen-bond acceptors (Lipinski definition) is 4. The normalized spacial score (nSPS) is 16.9. The third-order valence-electron chi connectivity index (χ3n) is 5.33. The van der Waals surface area contributed by atoms with E-state index in [1.807, 2.05) is 17.9 Å². The lowest BCUT2D eigenvalue weighted by Crippen LogP contribution is -2.54. The van der Waals surface area contributed by atoms with E-state index in [0.717, 1.165) is 35.2 Å². The molecule has 1 amide bonds. The molecule has 1 fully saturated rings. The van der Waals surface area contributed by atoms with Crippen LogP contribution in [0.4, 0.5) is 4.39 Å².